The molecule has 4 nitrogen and oxygen atoms in total. The van der Waals surface area contributed by atoms with Crippen molar-refractivity contribution in [2.75, 3.05) is 11.4 Å². The van der Waals surface area contributed by atoms with Gasteiger partial charge in [-0.1, -0.05) is 41.4 Å². The molecule has 0 aromatic heterocycles. The first-order valence-corrected chi connectivity index (χ1v) is 7.63. The van der Waals surface area contributed by atoms with Crippen molar-refractivity contribution < 1.29 is 13.0 Å². The first kappa shape index (κ1) is 16.8. The van der Waals surface area contributed by atoms with Crippen LogP contribution < -0.4 is 4.31 Å². The molecule has 0 aliphatic rings. The van der Waals surface area contributed by atoms with E-state index >= 15 is 0 Å². The predicted molar refractivity (Wildman–Crippen MR) is 82.9 cm³/mol. The topological polar surface area (TPSA) is 57.6 Å². The van der Waals surface area contributed by atoms with Crippen molar-refractivity contribution >= 4 is 39.2 Å². The molecule has 2 aromatic carbocycles. The van der Waals surface area contributed by atoms with E-state index in [1.54, 1.807) is 12.1 Å². The SMILES string of the molecule is CN(c1ccc(Cl)cc1)S(=O)(=O)O.Clc1ccccc1. The molecule has 2 aromatic rings. The van der Waals surface area contributed by atoms with Crippen LogP contribution in [-0.2, 0) is 10.3 Å². The summed E-state index contributed by atoms with van der Waals surface area (Å²) in [5, 5.41) is 1.30. The maximum atomic E-state index is 10.7. The Hall–Kier alpha value is -1.27. The van der Waals surface area contributed by atoms with Gasteiger partial charge in [-0.3, -0.25) is 8.86 Å². The number of rotatable bonds is 2. The van der Waals surface area contributed by atoms with Crippen molar-refractivity contribution in [2.45, 2.75) is 0 Å². The molecule has 0 bridgehead atoms. The summed E-state index contributed by atoms with van der Waals surface area (Å²) in [6, 6.07) is 15.5. The Morgan fingerprint density at radius 1 is 0.900 bits per heavy atom. The van der Waals surface area contributed by atoms with Gasteiger partial charge in [0, 0.05) is 17.1 Å². The molecule has 0 amide bonds. The van der Waals surface area contributed by atoms with Crippen molar-refractivity contribution in [3.8, 4) is 0 Å². The van der Waals surface area contributed by atoms with Crippen LogP contribution >= 0.6 is 23.2 Å². The quantitative estimate of drug-likeness (QED) is 0.847. The summed E-state index contributed by atoms with van der Waals surface area (Å²) in [6.07, 6.45) is 0. The van der Waals surface area contributed by atoms with Gasteiger partial charge < -0.3 is 0 Å². The second kappa shape index (κ2) is 7.50. The zero-order valence-electron chi connectivity index (χ0n) is 10.6. The number of benzene rings is 2. The Labute approximate surface area is 128 Å². The Morgan fingerprint density at radius 3 is 1.70 bits per heavy atom. The van der Waals surface area contributed by atoms with Crippen LogP contribution in [0.2, 0.25) is 10.0 Å². The summed E-state index contributed by atoms with van der Waals surface area (Å²) >= 11 is 11.1. The van der Waals surface area contributed by atoms with E-state index in [1.165, 1.54) is 19.2 Å². The third kappa shape index (κ3) is 5.79. The van der Waals surface area contributed by atoms with E-state index < -0.39 is 10.3 Å². The van der Waals surface area contributed by atoms with Gasteiger partial charge in [0.2, 0.25) is 0 Å². The molecule has 20 heavy (non-hydrogen) atoms. The molecule has 1 N–H and O–H groups in total. The highest BCUT2D eigenvalue weighted by Gasteiger charge is 2.13. The van der Waals surface area contributed by atoms with Crippen LogP contribution in [0, 0.1) is 0 Å². The summed E-state index contributed by atoms with van der Waals surface area (Å²) in [7, 11) is -2.93. The van der Waals surface area contributed by atoms with Crippen molar-refractivity contribution in [1.82, 2.24) is 0 Å². The Bertz CT molecular complexity index is 630. The fourth-order valence-electron chi connectivity index (χ4n) is 1.20. The van der Waals surface area contributed by atoms with E-state index in [4.69, 9.17) is 27.8 Å². The molecule has 2 rings (SSSR count). The highest BCUT2D eigenvalue weighted by molar-refractivity contribution is 7.87. The van der Waals surface area contributed by atoms with Gasteiger partial charge in [0.25, 0.3) is 0 Å². The van der Waals surface area contributed by atoms with Crippen molar-refractivity contribution in [2.24, 2.45) is 0 Å². The van der Waals surface area contributed by atoms with Crippen LogP contribution in [0.15, 0.2) is 54.6 Å². The lowest BCUT2D eigenvalue weighted by Crippen LogP contribution is -2.25. The molecule has 108 valence electrons. The summed E-state index contributed by atoms with van der Waals surface area (Å²) < 4.78 is 30.8. The maximum absolute atomic E-state index is 10.7. The monoisotopic (exact) mass is 333 g/mol. The number of anilines is 1. The van der Waals surface area contributed by atoms with E-state index in [-0.39, 0.29) is 0 Å². The molecule has 0 radical (unpaired) electrons. The van der Waals surface area contributed by atoms with Gasteiger partial charge in [0.1, 0.15) is 0 Å². The van der Waals surface area contributed by atoms with Gasteiger partial charge in [0.15, 0.2) is 0 Å². The molecule has 0 aliphatic carbocycles. The standard InChI is InChI=1S/C7H8ClNO3S.C6H5Cl/c1-9(13(10,11)12)7-4-2-6(8)3-5-7;7-6-4-2-1-3-5-6/h2-5H,1H3,(H,10,11,12);1-5H. The fraction of sp³-hybridized carbons (Fsp3) is 0.0769. The smallest absolute Gasteiger partial charge is 0.269 e. The van der Waals surface area contributed by atoms with Crippen molar-refractivity contribution in [1.29, 1.82) is 0 Å². The lowest BCUT2D eigenvalue weighted by Gasteiger charge is -2.14. The average Bonchev–Trinajstić information content (AvgIpc) is 2.39. The van der Waals surface area contributed by atoms with Crippen LogP contribution in [0.4, 0.5) is 5.69 Å². The average molecular weight is 334 g/mol. The Balaban J connectivity index is 0.000000240. The molecule has 0 fully saturated rings. The van der Waals surface area contributed by atoms with Gasteiger partial charge in [-0.25, -0.2) is 0 Å². The lowest BCUT2D eigenvalue weighted by molar-refractivity contribution is 0.481. The molecule has 0 atom stereocenters. The zero-order valence-corrected chi connectivity index (χ0v) is 12.9. The summed E-state index contributed by atoms with van der Waals surface area (Å²) in [5.74, 6) is 0. The van der Waals surface area contributed by atoms with E-state index in [0.29, 0.717) is 10.7 Å². The largest absolute Gasteiger partial charge is 0.359 e. The molecule has 0 saturated heterocycles. The molecule has 0 spiro atoms. The van der Waals surface area contributed by atoms with E-state index in [0.717, 1.165) is 9.33 Å². The van der Waals surface area contributed by atoms with Crippen molar-refractivity contribution in [3.05, 3.63) is 64.6 Å². The summed E-state index contributed by atoms with van der Waals surface area (Å²) in [5.41, 5.74) is 0.354. The second-order valence-electron chi connectivity index (χ2n) is 3.72. The molecule has 0 unspecified atom stereocenters. The third-order valence-electron chi connectivity index (χ3n) is 2.27. The van der Waals surface area contributed by atoms with Crippen LogP contribution in [0.5, 0.6) is 0 Å². The lowest BCUT2D eigenvalue weighted by atomic mass is 10.3. The second-order valence-corrected chi connectivity index (χ2v) is 6.03. The minimum atomic E-state index is -4.18. The minimum Gasteiger partial charge on any atom is -0.269 e. The zero-order chi connectivity index (χ0) is 15.2. The number of hydrogen-bond acceptors (Lipinski definition) is 2. The normalized spacial score (nSPS) is 10.4. The van der Waals surface area contributed by atoms with Gasteiger partial charge in [0.05, 0.1) is 5.69 Å². The maximum Gasteiger partial charge on any atom is 0.359 e. The highest BCUT2D eigenvalue weighted by Crippen LogP contribution is 2.18. The van der Waals surface area contributed by atoms with Gasteiger partial charge >= 0.3 is 10.3 Å². The minimum absolute atomic E-state index is 0.354. The predicted octanol–water partition coefficient (Wildman–Crippen LogP) is 3.92. The summed E-state index contributed by atoms with van der Waals surface area (Å²) in [4.78, 5) is 0. The Morgan fingerprint density at radius 2 is 1.35 bits per heavy atom. The number of hydrogen-bond donors (Lipinski definition) is 1. The van der Waals surface area contributed by atoms with E-state index in [9.17, 15) is 8.42 Å². The number of halogens is 2. The van der Waals surface area contributed by atoms with Crippen LogP contribution in [-0.4, -0.2) is 20.0 Å². The third-order valence-corrected chi connectivity index (χ3v) is 3.68. The van der Waals surface area contributed by atoms with Crippen LogP contribution in [0.3, 0.4) is 0 Å². The highest BCUT2D eigenvalue weighted by atomic mass is 35.5. The van der Waals surface area contributed by atoms with E-state index in [1.807, 2.05) is 30.3 Å². The van der Waals surface area contributed by atoms with Crippen molar-refractivity contribution in [3.63, 3.8) is 0 Å². The number of nitrogens with zero attached hydrogens (tertiary/aromatic N) is 1. The molecule has 0 aliphatic heterocycles. The summed E-state index contributed by atoms with van der Waals surface area (Å²) in [6.45, 7) is 0. The van der Waals surface area contributed by atoms with E-state index in [2.05, 4.69) is 0 Å². The molecule has 7 heteroatoms. The molecule has 0 saturated carbocycles. The van der Waals surface area contributed by atoms with Gasteiger partial charge in [-0.2, -0.15) is 8.42 Å². The first-order chi connectivity index (χ1) is 9.30. The van der Waals surface area contributed by atoms with Crippen LogP contribution in [0.1, 0.15) is 0 Å². The van der Waals surface area contributed by atoms with Crippen LogP contribution in [0.25, 0.3) is 0 Å². The first-order valence-electron chi connectivity index (χ1n) is 5.48. The van der Waals surface area contributed by atoms with Gasteiger partial charge in [-0.05, 0) is 36.4 Å². The van der Waals surface area contributed by atoms with Gasteiger partial charge in [-0.15, -0.1) is 0 Å². The molecular formula is C13H13Cl2NO3S. The molecule has 0 heterocycles. The molecular weight excluding hydrogens is 321 g/mol. The Kier molecular flexibility index (Phi) is 6.29. The fourth-order valence-corrected chi connectivity index (χ4v) is 1.86.